The molecule has 0 unspecified atom stereocenters. The molecule has 3 aromatic carbocycles. The fourth-order valence-electron chi connectivity index (χ4n) is 5.24. The van der Waals surface area contributed by atoms with Crippen molar-refractivity contribution in [3.8, 4) is 28.5 Å². The van der Waals surface area contributed by atoms with Gasteiger partial charge in [0.05, 0.1) is 11.7 Å². The molecule has 0 radical (unpaired) electrons. The Morgan fingerprint density at radius 1 is 0.692 bits per heavy atom. The van der Waals surface area contributed by atoms with Gasteiger partial charge in [0.15, 0.2) is 5.82 Å². The zero-order chi connectivity index (χ0) is 26.8. The minimum Gasteiger partial charge on any atom is -0.508 e. The van der Waals surface area contributed by atoms with Crippen molar-refractivity contribution in [2.24, 2.45) is 0 Å². The third-order valence-corrected chi connectivity index (χ3v) is 7.37. The number of hydrogen-bond donors (Lipinski definition) is 1. The molecule has 198 valence electrons. The van der Waals surface area contributed by atoms with Crippen molar-refractivity contribution in [2.45, 2.75) is 12.6 Å². The number of pyridine rings is 1. The van der Waals surface area contributed by atoms with Gasteiger partial charge in [-0.1, -0.05) is 24.3 Å². The van der Waals surface area contributed by atoms with Crippen LogP contribution in [0.3, 0.4) is 0 Å². The van der Waals surface area contributed by atoms with Crippen LogP contribution in [0.15, 0.2) is 91.3 Å². The fourth-order valence-corrected chi connectivity index (χ4v) is 5.24. The normalized spacial score (nSPS) is 14.8. The van der Waals surface area contributed by atoms with Crippen LogP contribution in [0.4, 0.5) is 8.78 Å². The van der Waals surface area contributed by atoms with Crippen LogP contribution in [0.1, 0.15) is 17.2 Å². The molecule has 6 nitrogen and oxygen atoms in total. The number of rotatable bonds is 7. The van der Waals surface area contributed by atoms with Gasteiger partial charge >= 0.3 is 0 Å². The lowest BCUT2D eigenvalue weighted by molar-refractivity contribution is 0.107. The second-order valence-electron chi connectivity index (χ2n) is 9.93. The van der Waals surface area contributed by atoms with Gasteiger partial charge in [-0.15, -0.1) is 0 Å². The molecule has 8 heteroatoms. The highest BCUT2D eigenvalue weighted by Crippen LogP contribution is 2.30. The molecule has 0 atom stereocenters. The number of piperazine rings is 1. The molecule has 3 aliphatic rings. The molecule has 0 spiro atoms. The first kappa shape index (κ1) is 25.2. The highest BCUT2D eigenvalue weighted by atomic mass is 19.1. The molecule has 6 rings (SSSR count). The number of nitrogens with zero attached hydrogens (tertiary/aromatic N) is 5. The zero-order valence-electron chi connectivity index (χ0n) is 21.4. The summed E-state index contributed by atoms with van der Waals surface area (Å²) in [5.74, 6) is 0.341. The lowest BCUT2D eigenvalue weighted by Gasteiger charge is -2.40. The van der Waals surface area contributed by atoms with E-state index in [2.05, 4.69) is 24.3 Å². The maximum absolute atomic E-state index is 13.6. The maximum atomic E-state index is 13.6. The van der Waals surface area contributed by atoms with Crippen molar-refractivity contribution in [1.29, 1.82) is 0 Å². The number of benzene rings is 3. The van der Waals surface area contributed by atoms with E-state index in [-0.39, 0.29) is 23.4 Å². The van der Waals surface area contributed by atoms with Crippen molar-refractivity contribution in [2.75, 3.05) is 32.7 Å². The predicted octanol–water partition coefficient (Wildman–Crippen LogP) is 5.44. The van der Waals surface area contributed by atoms with Gasteiger partial charge in [-0.2, -0.15) is 0 Å². The van der Waals surface area contributed by atoms with Gasteiger partial charge in [-0.05, 0) is 65.7 Å². The average Bonchev–Trinajstić information content (AvgIpc) is 3.39. The summed E-state index contributed by atoms with van der Waals surface area (Å²) in [6.45, 7) is 5.25. The summed E-state index contributed by atoms with van der Waals surface area (Å²) in [6, 6.07) is 22.1. The van der Waals surface area contributed by atoms with Gasteiger partial charge in [0, 0.05) is 57.2 Å². The van der Waals surface area contributed by atoms with Crippen molar-refractivity contribution in [1.82, 2.24) is 24.3 Å². The number of phenolic OH excluding ortho intramolecular Hbond substituents is 1. The van der Waals surface area contributed by atoms with Crippen LogP contribution < -0.4 is 0 Å². The average molecular weight is 526 g/mol. The Kier molecular flexibility index (Phi) is 7.04. The summed E-state index contributed by atoms with van der Waals surface area (Å²) in [5.41, 5.74) is 4.56. The molecule has 3 aliphatic heterocycles. The van der Waals surface area contributed by atoms with E-state index >= 15 is 0 Å². The molecule has 0 aromatic heterocycles. The number of imidazole rings is 1. The monoisotopic (exact) mass is 525 g/mol. The van der Waals surface area contributed by atoms with E-state index < -0.39 is 0 Å². The van der Waals surface area contributed by atoms with Crippen molar-refractivity contribution in [3.05, 3.63) is 114 Å². The molecule has 3 heterocycles. The first-order valence-electron chi connectivity index (χ1n) is 13.1. The molecule has 0 aliphatic carbocycles. The number of fused-ring (bicyclic) bond motifs is 1. The molecule has 1 saturated heterocycles. The molecule has 1 N–H and O–H groups in total. The van der Waals surface area contributed by atoms with Crippen molar-refractivity contribution in [3.63, 3.8) is 0 Å². The highest BCUT2D eigenvalue weighted by molar-refractivity contribution is 5.65. The quantitative estimate of drug-likeness (QED) is 0.307. The lowest BCUT2D eigenvalue weighted by atomic mass is 9.96. The zero-order valence-corrected chi connectivity index (χ0v) is 21.4. The predicted molar refractivity (Wildman–Crippen MR) is 146 cm³/mol. The number of halogens is 2. The standard InChI is InChI=1S/C31H29F2N5O/c32-25-7-1-22(2-8-25)30(23-3-9-26(33)10-4-23)38-19-17-36(18-20-38)15-16-37-14-13-28-29(21-37)35-31(34-28)24-5-11-27(39)12-6-24/h1-14,21,30,39H,15-20H2. The van der Waals surface area contributed by atoms with Gasteiger partial charge in [0.1, 0.15) is 23.1 Å². The summed E-state index contributed by atoms with van der Waals surface area (Å²) >= 11 is 0. The smallest absolute Gasteiger partial charge is 0.160 e. The first-order valence-corrected chi connectivity index (χ1v) is 13.1. The van der Waals surface area contributed by atoms with E-state index in [0.717, 1.165) is 67.3 Å². The second kappa shape index (κ2) is 10.9. The molecular formula is C31H29F2N5O. The molecule has 0 bridgehead atoms. The Hall–Kier alpha value is -4.14. The molecule has 0 amide bonds. The second-order valence-corrected chi connectivity index (χ2v) is 9.93. The van der Waals surface area contributed by atoms with Crippen molar-refractivity contribution >= 4 is 0 Å². The third-order valence-electron chi connectivity index (χ3n) is 7.37. The van der Waals surface area contributed by atoms with E-state index in [0.29, 0.717) is 5.82 Å². The third kappa shape index (κ3) is 5.67. The number of phenols is 1. The lowest BCUT2D eigenvalue weighted by Crippen LogP contribution is -2.48. The van der Waals surface area contributed by atoms with E-state index in [1.54, 1.807) is 12.1 Å². The fraction of sp³-hybridized carbons (Fsp3) is 0.226. The summed E-state index contributed by atoms with van der Waals surface area (Å²) in [7, 11) is 0. The summed E-state index contributed by atoms with van der Waals surface area (Å²) in [6.07, 6.45) is 4.06. The van der Waals surface area contributed by atoms with E-state index in [1.165, 1.54) is 24.3 Å². The van der Waals surface area contributed by atoms with Crippen LogP contribution in [-0.4, -0.2) is 62.2 Å². The molecule has 39 heavy (non-hydrogen) atoms. The Labute approximate surface area is 226 Å². The van der Waals surface area contributed by atoms with E-state index in [9.17, 15) is 13.9 Å². The topological polar surface area (TPSA) is 57.4 Å². The summed E-state index contributed by atoms with van der Waals surface area (Å²) in [5, 5.41) is 9.53. The number of aromatic hydroxyl groups is 1. The highest BCUT2D eigenvalue weighted by Gasteiger charge is 2.26. The van der Waals surface area contributed by atoms with Crippen LogP contribution in [0.2, 0.25) is 0 Å². The maximum Gasteiger partial charge on any atom is 0.160 e. The Bertz CT molecular complexity index is 1450. The van der Waals surface area contributed by atoms with Gasteiger partial charge in [0.2, 0.25) is 0 Å². The Balaban J connectivity index is 1.10. The molecule has 0 saturated carbocycles. The molecular weight excluding hydrogens is 496 g/mol. The van der Waals surface area contributed by atoms with Gasteiger partial charge < -0.3 is 9.67 Å². The van der Waals surface area contributed by atoms with Crippen LogP contribution in [-0.2, 0) is 6.54 Å². The minimum atomic E-state index is -0.263. The van der Waals surface area contributed by atoms with Gasteiger partial charge in [0.25, 0.3) is 0 Å². The van der Waals surface area contributed by atoms with Gasteiger partial charge in [-0.25, -0.2) is 18.7 Å². The van der Waals surface area contributed by atoms with E-state index in [1.807, 2.05) is 54.9 Å². The Morgan fingerprint density at radius 3 is 1.90 bits per heavy atom. The van der Waals surface area contributed by atoms with Crippen LogP contribution >= 0.6 is 0 Å². The van der Waals surface area contributed by atoms with E-state index in [4.69, 9.17) is 0 Å². The summed E-state index contributed by atoms with van der Waals surface area (Å²) in [4.78, 5) is 14.1. The molecule has 1 fully saturated rings. The first-order chi connectivity index (χ1) is 19.0. The summed E-state index contributed by atoms with van der Waals surface area (Å²) < 4.78 is 29.4. The largest absolute Gasteiger partial charge is 0.508 e. The van der Waals surface area contributed by atoms with Crippen LogP contribution in [0, 0.1) is 11.6 Å². The number of aromatic nitrogens is 3. The minimum absolute atomic E-state index is 0.0520. The molecule has 3 aromatic rings. The van der Waals surface area contributed by atoms with Crippen LogP contribution in [0.5, 0.6) is 5.75 Å². The van der Waals surface area contributed by atoms with Crippen LogP contribution in [0.25, 0.3) is 22.8 Å². The number of hydrogen-bond acceptors (Lipinski definition) is 5. The SMILES string of the molecule is Oc1ccc(-c2nc3ccn(CCN4CCN(C(c5ccc(F)cc5)c5ccc(F)cc5)CC4)cc-3n2)cc1. The van der Waals surface area contributed by atoms with Gasteiger partial charge in [-0.3, -0.25) is 9.80 Å². The van der Waals surface area contributed by atoms with Crippen molar-refractivity contribution < 1.29 is 13.9 Å². The Morgan fingerprint density at radius 2 is 1.28 bits per heavy atom.